The van der Waals surface area contributed by atoms with Gasteiger partial charge in [0.25, 0.3) is 0 Å². The van der Waals surface area contributed by atoms with E-state index in [0.717, 1.165) is 48.5 Å². The molecule has 2 aliphatic heterocycles. The maximum Gasteiger partial charge on any atom is 0.303 e. The van der Waals surface area contributed by atoms with Crippen molar-refractivity contribution in [3.05, 3.63) is 29.8 Å². The van der Waals surface area contributed by atoms with Crippen molar-refractivity contribution >= 4 is 41.8 Å². The number of esters is 7. The minimum Gasteiger partial charge on any atom is -0.497 e. The lowest BCUT2D eigenvalue weighted by Crippen LogP contribution is -2.66. The molecule has 1 aromatic carbocycles. The number of hydrogen-bond donors (Lipinski definition) is 0. The van der Waals surface area contributed by atoms with Crippen LogP contribution in [0.3, 0.4) is 0 Å². The van der Waals surface area contributed by atoms with Crippen LogP contribution in [-0.2, 0) is 80.9 Å². The van der Waals surface area contributed by atoms with E-state index in [-0.39, 0.29) is 0 Å². The second-order valence-corrected chi connectivity index (χ2v) is 11.5. The van der Waals surface area contributed by atoms with E-state index in [0.29, 0.717) is 11.3 Å². The van der Waals surface area contributed by atoms with Crippen LogP contribution in [0.15, 0.2) is 24.3 Å². The van der Waals surface area contributed by atoms with Crippen molar-refractivity contribution in [1.82, 2.24) is 0 Å². The van der Waals surface area contributed by atoms with Crippen LogP contribution in [0.5, 0.6) is 5.75 Å². The first-order valence-electron chi connectivity index (χ1n) is 15.7. The van der Waals surface area contributed by atoms with Crippen molar-refractivity contribution < 1.29 is 85.7 Å². The van der Waals surface area contributed by atoms with Crippen LogP contribution >= 0.6 is 0 Å². The van der Waals surface area contributed by atoms with Gasteiger partial charge in [-0.05, 0) is 17.7 Å². The summed E-state index contributed by atoms with van der Waals surface area (Å²) in [5.74, 6) is -5.22. The summed E-state index contributed by atoms with van der Waals surface area (Å²) >= 11 is 0. The first-order valence-corrected chi connectivity index (χ1v) is 15.7. The van der Waals surface area contributed by atoms with Crippen LogP contribution < -0.4 is 4.74 Å². The highest BCUT2D eigenvalue weighted by Gasteiger charge is 2.57. The molecule has 2 aliphatic rings. The van der Waals surface area contributed by atoms with E-state index >= 15 is 0 Å². The van der Waals surface area contributed by atoms with Crippen molar-refractivity contribution in [2.45, 2.75) is 110 Å². The number of carbonyl (C=O) groups is 7. The van der Waals surface area contributed by atoms with Gasteiger partial charge in [-0.2, -0.15) is 0 Å². The quantitative estimate of drug-likeness (QED) is 0.205. The summed E-state index contributed by atoms with van der Waals surface area (Å²) < 4.78 is 62.2. The summed E-state index contributed by atoms with van der Waals surface area (Å²) in [5.41, 5.74) is 0.442. The molecule has 2 saturated heterocycles. The van der Waals surface area contributed by atoms with E-state index in [2.05, 4.69) is 0 Å². The number of benzene rings is 1. The number of rotatable bonds is 13. The molecule has 51 heavy (non-hydrogen) atoms. The SMILES string of the molecule is COc1ccc([C@@H]2O[C@H](COC(C)=O)[C@@H](O[C@H]3O[C@H](COC(C)=O)[C@@H](OC(C)=O)[C@H](OC(C)=O)[C@H]3OC(C)=O)[C@H](OC(C)=O)[C@H]2OC(C)=O)cc1. The second-order valence-electron chi connectivity index (χ2n) is 11.5. The highest BCUT2D eigenvalue weighted by molar-refractivity contribution is 5.69. The first kappa shape index (κ1) is 40.6. The van der Waals surface area contributed by atoms with E-state index < -0.39 is 116 Å². The molecule has 10 atom stereocenters. The van der Waals surface area contributed by atoms with Crippen molar-refractivity contribution in [2.75, 3.05) is 20.3 Å². The Morgan fingerprint density at radius 1 is 0.510 bits per heavy atom. The Labute approximate surface area is 293 Å². The van der Waals surface area contributed by atoms with Crippen molar-refractivity contribution in [1.29, 1.82) is 0 Å². The molecule has 0 aromatic heterocycles. The van der Waals surface area contributed by atoms with Gasteiger partial charge in [0, 0.05) is 48.5 Å². The average Bonchev–Trinajstić information content (AvgIpc) is 3.02. The van der Waals surface area contributed by atoms with E-state index in [9.17, 15) is 33.6 Å². The molecule has 0 saturated carbocycles. The van der Waals surface area contributed by atoms with Gasteiger partial charge in [-0.25, -0.2) is 0 Å². The molecule has 282 valence electrons. The normalized spacial score (nSPS) is 28.6. The van der Waals surface area contributed by atoms with Crippen molar-refractivity contribution in [3.63, 3.8) is 0 Å². The Balaban J connectivity index is 2.20. The Bertz CT molecular complexity index is 1420. The molecule has 0 amide bonds. The molecular formula is C33H42O18. The fourth-order valence-electron chi connectivity index (χ4n) is 5.57. The Morgan fingerprint density at radius 2 is 0.922 bits per heavy atom. The van der Waals surface area contributed by atoms with E-state index in [1.165, 1.54) is 7.11 Å². The maximum absolute atomic E-state index is 12.6. The van der Waals surface area contributed by atoms with Gasteiger partial charge in [0.15, 0.2) is 36.8 Å². The van der Waals surface area contributed by atoms with Crippen LogP contribution in [0.25, 0.3) is 0 Å². The van der Waals surface area contributed by atoms with Gasteiger partial charge >= 0.3 is 41.8 Å². The van der Waals surface area contributed by atoms with E-state index in [1.54, 1.807) is 24.3 Å². The van der Waals surface area contributed by atoms with Crippen LogP contribution in [-0.4, -0.2) is 117 Å². The zero-order chi connectivity index (χ0) is 38.0. The number of carbonyl (C=O) groups excluding carboxylic acids is 7. The topological polar surface area (TPSA) is 221 Å². The minimum atomic E-state index is -1.77. The molecule has 18 nitrogen and oxygen atoms in total. The predicted octanol–water partition coefficient (Wildman–Crippen LogP) is 1.03. The molecular weight excluding hydrogens is 684 g/mol. The maximum atomic E-state index is 12.6. The van der Waals surface area contributed by atoms with E-state index in [1.807, 2.05) is 0 Å². The minimum absolute atomic E-state index is 0.442. The molecule has 18 heteroatoms. The highest BCUT2D eigenvalue weighted by Crippen LogP contribution is 2.40. The summed E-state index contributed by atoms with van der Waals surface area (Å²) in [4.78, 5) is 85.7. The van der Waals surface area contributed by atoms with Gasteiger partial charge in [-0.15, -0.1) is 0 Å². The second kappa shape index (κ2) is 18.4. The standard InChI is InChI=1S/C33H42O18/c1-15(34)42-13-24-28(30(46-19(5)38)29(45-18(4)37)26(49-24)22-9-11-23(41-8)12-10-22)51-33-32(48-21(7)40)31(47-20(6)39)27(44-17(3)36)25(50-33)14-43-16(2)35/h9-12,24-33H,13-14H2,1-8H3/t24-,25-,26+,27-,28-,29+,30+,31+,32-,33-/m1/s1. The van der Waals surface area contributed by atoms with Crippen LogP contribution in [0, 0.1) is 0 Å². The van der Waals surface area contributed by atoms with Gasteiger partial charge in [0.1, 0.15) is 43.4 Å². The summed E-state index contributed by atoms with van der Waals surface area (Å²) in [5, 5.41) is 0. The molecule has 0 aliphatic carbocycles. The highest BCUT2D eigenvalue weighted by atomic mass is 16.8. The lowest BCUT2D eigenvalue weighted by molar-refractivity contribution is -0.345. The monoisotopic (exact) mass is 726 g/mol. The summed E-state index contributed by atoms with van der Waals surface area (Å²) in [6.45, 7) is 6.57. The fraction of sp³-hybridized carbons (Fsp3) is 0.606. The van der Waals surface area contributed by atoms with Crippen LogP contribution in [0.2, 0.25) is 0 Å². The average molecular weight is 727 g/mol. The molecule has 0 N–H and O–H groups in total. The summed E-state index contributed by atoms with van der Waals surface area (Å²) in [7, 11) is 1.47. The molecule has 2 heterocycles. The third-order valence-electron chi connectivity index (χ3n) is 7.37. The number of ether oxygens (including phenoxy) is 11. The Hall–Kier alpha value is -4.81. The van der Waals surface area contributed by atoms with Gasteiger partial charge in [-0.1, -0.05) is 12.1 Å². The zero-order valence-electron chi connectivity index (χ0n) is 29.3. The summed E-state index contributed by atoms with van der Waals surface area (Å²) in [6.07, 6.45) is -14.8. The Kier molecular flexibility index (Phi) is 14.7. The summed E-state index contributed by atoms with van der Waals surface area (Å²) in [6, 6.07) is 6.47. The number of hydrogen-bond acceptors (Lipinski definition) is 18. The Morgan fingerprint density at radius 3 is 1.37 bits per heavy atom. The van der Waals surface area contributed by atoms with Gasteiger partial charge in [0.05, 0.1) is 7.11 Å². The third kappa shape index (κ3) is 11.6. The van der Waals surface area contributed by atoms with Gasteiger partial charge < -0.3 is 52.1 Å². The number of methoxy groups -OCH3 is 1. The van der Waals surface area contributed by atoms with E-state index in [4.69, 9.17) is 52.1 Å². The molecule has 0 spiro atoms. The van der Waals surface area contributed by atoms with Gasteiger partial charge in [0.2, 0.25) is 0 Å². The molecule has 3 rings (SSSR count). The fourth-order valence-corrected chi connectivity index (χ4v) is 5.57. The smallest absolute Gasteiger partial charge is 0.303 e. The molecule has 2 fully saturated rings. The molecule has 0 bridgehead atoms. The predicted molar refractivity (Wildman–Crippen MR) is 165 cm³/mol. The molecule has 0 unspecified atom stereocenters. The lowest BCUT2D eigenvalue weighted by atomic mass is 9.90. The van der Waals surface area contributed by atoms with Gasteiger partial charge in [-0.3, -0.25) is 33.6 Å². The largest absolute Gasteiger partial charge is 0.497 e. The zero-order valence-corrected chi connectivity index (χ0v) is 29.3. The lowest BCUT2D eigenvalue weighted by Gasteiger charge is -2.49. The third-order valence-corrected chi connectivity index (χ3v) is 7.37. The molecule has 0 radical (unpaired) electrons. The van der Waals surface area contributed by atoms with Crippen LogP contribution in [0.4, 0.5) is 0 Å². The van der Waals surface area contributed by atoms with Crippen molar-refractivity contribution in [2.24, 2.45) is 0 Å². The van der Waals surface area contributed by atoms with Crippen LogP contribution in [0.1, 0.15) is 60.1 Å². The van der Waals surface area contributed by atoms with Crippen molar-refractivity contribution in [3.8, 4) is 5.75 Å². The first-order chi connectivity index (χ1) is 24.0. The molecule has 1 aromatic rings.